The molecule has 1 aliphatic rings. The van der Waals surface area contributed by atoms with Crippen molar-refractivity contribution in [3.05, 3.63) is 71.2 Å². The summed E-state index contributed by atoms with van der Waals surface area (Å²) in [5.41, 5.74) is 5.02. The standard InChI is InChI=1S/C20H15N3O2/c1-21-14-9-7-13(8-10-14)20-16-11-15(24)12-17(16)22-23(20)18-5-3-4-6-19(18)25-2/h3-10H,11-12H2,2H3. The Bertz CT molecular complexity index is 1010. The van der Waals surface area contributed by atoms with Crippen LogP contribution in [0.25, 0.3) is 21.8 Å². The number of fused-ring (bicyclic) bond motifs is 1. The number of para-hydroxylation sites is 2. The van der Waals surface area contributed by atoms with Crippen LogP contribution in [0.15, 0.2) is 48.5 Å². The molecule has 4 rings (SSSR count). The Morgan fingerprint density at radius 3 is 2.60 bits per heavy atom. The first-order valence-electron chi connectivity index (χ1n) is 7.95. The summed E-state index contributed by atoms with van der Waals surface area (Å²) in [4.78, 5) is 15.3. The SMILES string of the molecule is [C-]#[N+]c1ccc(-c2c3c(nn2-c2ccccc2OC)CC(=O)C3)cc1. The maximum absolute atomic E-state index is 11.9. The minimum Gasteiger partial charge on any atom is -0.494 e. The Balaban J connectivity index is 1.95. The number of carbonyl (C=O) groups excluding carboxylic acids is 1. The van der Waals surface area contributed by atoms with Crippen LogP contribution in [0.5, 0.6) is 5.75 Å². The van der Waals surface area contributed by atoms with E-state index in [2.05, 4.69) is 4.85 Å². The predicted octanol–water partition coefficient (Wildman–Crippen LogP) is 3.77. The van der Waals surface area contributed by atoms with E-state index in [1.54, 1.807) is 19.2 Å². The molecule has 1 aliphatic carbocycles. The van der Waals surface area contributed by atoms with Crippen LogP contribution in [0.4, 0.5) is 5.69 Å². The zero-order valence-electron chi connectivity index (χ0n) is 13.7. The molecule has 2 aromatic carbocycles. The normalized spacial score (nSPS) is 12.7. The highest BCUT2D eigenvalue weighted by Crippen LogP contribution is 2.36. The third-order valence-corrected chi connectivity index (χ3v) is 4.39. The lowest BCUT2D eigenvalue weighted by Crippen LogP contribution is -2.06. The quantitative estimate of drug-likeness (QED) is 0.687. The highest BCUT2D eigenvalue weighted by Gasteiger charge is 2.29. The summed E-state index contributed by atoms with van der Waals surface area (Å²) in [5.74, 6) is 0.901. The van der Waals surface area contributed by atoms with Crippen molar-refractivity contribution in [3.63, 3.8) is 0 Å². The van der Waals surface area contributed by atoms with Crippen molar-refractivity contribution < 1.29 is 9.53 Å². The maximum atomic E-state index is 11.9. The van der Waals surface area contributed by atoms with Gasteiger partial charge in [0.25, 0.3) is 0 Å². The number of aromatic nitrogens is 2. The Kier molecular flexibility index (Phi) is 3.58. The lowest BCUT2D eigenvalue weighted by molar-refractivity contribution is -0.117. The average molecular weight is 329 g/mol. The van der Waals surface area contributed by atoms with E-state index < -0.39 is 0 Å². The molecule has 0 spiro atoms. The number of carbonyl (C=O) groups is 1. The number of Topliss-reactive ketones (excluding diaryl/α,β-unsaturated/α-hetero) is 1. The van der Waals surface area contributed by atoms with Crippen molar-refractivity contribution in [3.8, 4) is 22.7 Å². The Morgan fingerprint density at radius 2 is 1.88 bits per heavy atom. The fourth-order valence-electron chi connectivity index (χ4n) is 3.24. The number of benzene rings is 2. The van der Waals surface area contributed by atoms with Gasteiger partial charge in [-0.3, -0.25) is 4.79 Å². The molecule has 1 heterocycles. The molecule has 5 nitrogen and oxygen atoms in total. The molecular weight excluding hydrogens is 314 g/mol. The van der Waals surface area contributed by atoms with Gasteiger partial charge >= 0.3 is 0 Å². The number of ether oxygens (including phenoxy) is 1. The summed E-state index contributed by atoms with van der Waals surface area (Å²) in [6.45, 7) is 7.11. The number of nitrogens with zero attached hydrogens (tertiary/aromatic N) is 3. The molecule has 5 heteroatoms. The molecule has 0 N–H and O–H groups in total. The molecule has 0 radical (unpaired) electrons. The van der Waals surface area contributed by atoms with Gasteiger partial charge in [0.15, 0.2) is 5.69 Å². The first kappa shape index (κ1) is 15.2. The van der Waals surface area contributed by atoms with Gasteiger partial charge in [0.05, 0.1) is 31.5 Å². The lowest BCUT2D eigenvalue weighted by atomic mass is 10.1. The second-order valence-corrected chi connectivity index (χ2v) is 5.91. The van der Waals surface area contributed by atoms with Crippen LogP contribution >= 0.6 is 0 Å². The van der Waals surface area contributed by atoms with E-state index in [0.29, 0.717) is 24.3 Å². The van der Waals surface area contributed by atoms with Gasteiger partial charge in [-0.2, -0.15) is 5.10 Å². The van der Waals surface area contributed by atoms with E-state index in [-0.39, 0.29) is 5.78 Å². The number of hydrogen-bond donors (Lipinski definition) is 0. The first-order chi connectivity index (χ1) is 12.2. The molecule has 25 heavy (non-hydrogen) atoms. The van der Waals surface area contributed by atoms with Crippen molar-refractivity contribution in [1.82, 2.24) is 9.78 Å². The zero-order chi connectivity index (χ0) is 17.4. The molecule has 122 valence electrons. The topological polar surface area (TPSA) is 48.5 Å². The van der Waals surface area contributed by atoms with Crippen molar-refractivity contribution in [2.24, 2.45) is 0 Å². The van der Waals surface area contributed by atoms with Crippen LogP contribution in [0.3, 0.4) is 0 Å². The third kappa shape index (κ3) is 2.48. The van der Waals surface area contributed by atoms with Crippen molar-refractivity contribution in [2.75, 3.05) is 7.11 Å². The van der Waals surface area contributed by atoms with Gasteiger partial charge in [-0.05, 0) is 17.7 Å². The van der Waals surface area contributed by atoms with Crippen molar-refractivity contribution in [2.45, 2.75) is 12.8 Å². The lowest BCUT2D eigenvalue weighted by Gasteiger charge is -2.13. The van der Waals surface area contributed by atoms with Crippen LogP contribution in [0.2, 0.25) is 0 Å². The highest BCUT2D eigenvalue weighted by atomic mass is 16.5. The fourth-order valence-corrected chi connectivity index (χ4v) is 3.24. The second kappa shape index (κ2) is 5.91. The summed E-state index contributed by atoms with van der Waals surface area (Å²) >= 11 is 0. The van der Waals surface area contributed by atoms with E-state index in [1.165, 1.54) is 0 Å². The molecule has 0 atom stereocenters. The molecule has 0 amide bonds. The first-order valence-corrected chi connectivity index (χ1v) is 7.95. The highest BCUT2D eigenvalue weighted by molar-refractivity contribution is 5.90. The molecule has 1 aromatic heterocycles. The van der Waals surface area contributed by atoms with Gasteiger partial charge < -0.3 is 4.74 Å². The van der Waals surface area contributed by atoms with E-state index in [9.17, 15) is 4.79 Å². The van der Waals surface area contributed by atoms with Gasteiger partial charge in [0.2, 0.25) is 0 Å². The summed E-state index contributed by atoms with van der Waals surface area (Å²) in [5, 5.41) is 4.69. The van der Waals surface area contributed by atoms with Crippen LogP contribution in [0.1, 0.15) is 11.3 Å². The van der Waals surface area contributed by atoms with Crippen LogP contribution in [0, 0.1) is 6.57 Å². The number of hydrogen-bond acceptors (Lipinski definition) is 3. The summed E-state index contributed by atoms with van der Waals surface area (Å²) < 4.78 is 7.33. The van der Waals surface area contributed by atoms with E-state index in [1.807, 2.05) is 41.1 Å². The molecule has 0 bridgehead atoms. The van der Waals surface area contributed by atoms with Gasteiger partial charge in [0.1, 0.15) is 17.2 Å². The number of rotatable bonds is 3. The van der Waals surface area contributed by atoms with Gasteiger partial charge in [-0.1, -0.05) is 36.4 Å². The Hall–Kier alpha value is -3.39. The molecule has 0 fully saturated rings. The van der Waals surface area contributed by atoms with Crippen LogP contribution < -0.4 is 4.74 Å². The van der Waals surface area contributed by atoms with E-state index in [0.717, 1.165) is 28.2 Å². The summed E-state index contributed by atoms with van der Waals surface area (Å²) in [7, 11) is 1.63. The molecule has 0 unspecified atom stereocenters. The van der Waals surface area contributed by atoms with Gasteiger partial charge in [0, 0.05) is 12.0 Å². The summed E-state index contributed by atoms with van der Waals surface area (Å²) in [6, 6.07) is 15.0. The Morgan fingerprint density at radius 1 is 1.12 bits per heavy atom. The molecule has 0 aliphatic heterocycles. The average Bonchev–Trinajstić information content (AvgIpc) is 3.17. The van der Waals surface area contributed by atoms with Crippen LogP contribution in [-0.4, -0.2) is 22.7 Å². The monoisotopic (exact) mass is 329 g/mol. The molecular formula is C20H15N3O2. The third-order valence-electron chi connectivity index (χ3n) is 4.39. The molecule has 3 aromatic rings. The van der Waals surface area contributed by atoms with Gasteiger partial charge in [-0.15, -0.1) is 0 Å². The van der Waals surface area contributed by atoms with E-state index in [4.69, 9.17) is 16.4 Å². The Labute approximate surface area is 145 Å². The van der Waals surface area contributed by atoms with Crippen molar-refractivity contribution in [1.29, 1.82) is 0 Å². The zero-order valence-corrected chi connectivity index (χ0v) is 13.7. The number of methoxy groups -OCH3 is 1. The minimum absolute atomic E-state index is 0.184. The smallest absolute Gasteiger partial charge is 0.187 e. The van der Waals surface area contributed by atoms with Gasteiger partial charge in [-0.25, -0.2) is 9.53 Å². The predicted molar refractivity (Wildman–Crippen MR) is 94.2 cm³/mol. The molecule has 0 saturated carbocycles. The summed E-state index contributed by atoms with van der Waals surface area (Å²) in [6.07, 6.45) is 0.759. The maximum Gasteiger partial charge on any atom is 0.187 e. The van der Waals surface area contributed by atoms with Crippen molar-refractivity contribution >= 4 is 11.5 Å². The number of ketones is 1. The fraction of sp³-hybridized carbons (Fsp3) is 0.150. The minimum atomic E-state index is 0.184. The largest absolute Gasteiger partial charge is 0.494 e. The molecule has 0 saturated heterocycles. The van der Waals surface area contributed by atoms with Crippen LogP contribution in [-0.2, 0) is 17.6 Å². The van der Waals surface area contributed by atoms with E-state index >= 15 is 0 Å². The second-order valence-electron chi connectivity index (χ2n) is 5.91.